The van der Waals surface area contributed by atoms with Gasteiger partial charge in [0.25, 0.3) is 5.91 Å². The van der Waals surface area contributed by atoms with Crippen LogP contribution >= 0.6 is 11.8 Å². The maximum Gasteiger partial charge on any atom is 0.390 e. The molecule has 20 heavy (non-hydrogen) atoms. The predicted molar refractivity (Wildman–Crippen MR) is 74.9 cm³/mol. The van der Waals surface area contributed by atoms with E-state index in [9.17, 15) is 18.0 Å². The zero-order valence-corrected chi connectivity index (χ0v) is 12.4. The van der Waals surface area contributed by atoms with Crippen molar-refractivity contribution in [3.63, 3.8) is 0 Å². The molecule has 1 unspecified atom stereocenters. The summed E-state index contributed by atoms with van der Waals surface area (Å²) in [5.41, 5.74) is 0. The monoisotopic (exact) mass is 307 g/mol. The fourth-order valence-electron chi connectivity index (χ4n) is 2.95. The Balaban J connectivity index is 1.95. The number of thioether (sulfide) groups is 1. The van der Waals surface area contributed by atoms with E-state index in [0.717, 1.165) is 24.6 Å². The van der Waals surface area contributed by atoms with E-state index in [0.29, 0.717) is 17.4 Å². The highest BCUT2D eigenvalue weighted by Gasteiger charge is 2.49. The lowest BCUT2D eigenvalue weighted by Gasteiger charge is -2.22. The van der Waals surface area contributed by atoms with Crippen LogP contribution in [0, 0.1) is 5.92 Å². The summed E-state index contributed by atoms with van der Waals surface area (Å²) < 4.78 is 36.2. The van der Waals surface area contributed by atoms with Crippen LogP contribution in [0.2, 0.25) is 0 Å². The molecule has 0 aromatic carbocycles. The number of carbonyl (C=O) groups is 1. The highest BCUT2D eigenvalue weighted by atomic mass is 32.2. The Morgan fingerprint density at radius 3 is 2.40 bits per heavy atom. The average molecular weight is 307 g/mol. The van der Waals surface area contributed by atoms with Gasteiger partial charge in [-0.25, -0.2) is 4.99 Å². The van der Waals surface area contributed by atoms with Crippen molar-refractivity contribution in [2.75, 3.05) is 0 Å². The van der Waals surface area contributed by atoms with Crippen molar-refractivity contribution in [3.05, 3.63) is 0 Å². The number of rotatable bonds is 3. The Morgan fingerprint density at radius 2 is 1.85 bits per heavy atom. The summed E-state index contributed by atoms with van der Waals surface area (Å²) in [5.74, 6) is -0.145. The lowest BCUT2D eigenvalue weighted by Crippen LogP contribution is -2.33. The number of hydrogen-bond acceptors (Lipinski definition) is 2. The van der Waals surface area contributed by atoms with E-state index in [1.807, 2.05) is 0 Å². The molecule has 2 rings (SSSR count). The minimum absolute atomic E-state index is 0.477. The summed E-state index contributed by atoms with van der Waals surface area (Å²) in [4.78, 5) is 15.7. The summed E-state index contributed by atoms with van der Waals surface area (Å²) in [6.45, 7) is 1.36. The number of aliphatic imine (C=N–C) groups is 1. The zero-order valence-electron chi connectivity index (χ0n) is 11.6. The molecule has 2 nitrogen and oxygen atoms in total. The van der Waals surface area contributed by atoms with Crippen molar-refractivity contribution in [2.45, 2.75) is 69.2 Å². The van der Waals surface area contributed by atoms with E-state index < -0.39 is 23.3 Å². The van der Waals surface area contributed by atoms with Gasteiger partial charge in [0, 0.05) is 0 Å². The standard InChI is InChI=1S/C14H20F3NOS/c1-13(9-14(15,16)17)12(19)18-11(20-13)8-10-6-4-2-3-5-7-10/h10H,2-9H2,1H3. The van der Waals surface area contributed by atoms with Gasteiger partial charge in [-0.15, -0.1) is 0 Å². The first-order valence-electron chi connectivity index (χ1n) is 7.16. The summed E-state index contributed by atoms with van der Waals surface area (Å²) in [5, 5.41) is 0.605. The van der Waals surface area contributed by atoms with Gasteiger partial charge in [0.2, 0.25) is 0 Å². The van der Waals surface area contributed by atoms with E-state index >= 15 is 0 Å². The molecular formula is C14H20F3NOS. The first-order chi connectivity index (χ1) is 9.28. The Bertz CT molecular complexity index is 400. The van der Waals surface area contributed by atoms with Gasteiger partial charge in [0.05, 0.1) is 11.5 Å². The summed E-state index contributed by atoms with van der Waals surface area (Å²) in [6, 6.07) is 0. The number of carbonyl (C=O) groups excluding carboxylic acids is 1. The first-order valence-corrected chi connectivity index (χ1v) is 7.98. The van der Waals surface area contributed by atoms with Crippen LogP contribution in [0.3, 0.4) is 0 Å². The van der Waals surface area contributed by atoms with Gasteiger partial charge in [0.1, 0.15) is 4.75 Å². The average Bonchev–Trinajstić information content (AvgIpc) is 2.51. The fraction of sp³-hybridized carbons (Fsp3) is 0.857. The summed E-state index contributed by atoms with van der Waals surface area (Å²) >= 11 is 1.03. The molecule has 0 bridgehead atoms. The van der Waals surface area contributed by atoms with Crippen molar-refractivity contribution in [1.29, 1.82) is 0 Å². The second-order valence-electron chi connectivity index (χ2n) is 6.00. The molecule has 0 radical (unpaired) electrons. The molecule has 1 atom stereocenters. The lowest BCUT2D eigenvalue weighted by atomic mass is 9.97. The zero-order chi connectivity index (χ0) is 14.8. The van der Waals surface area contributed by atoms with Crippen LogP contribution in [0.5, 0.6) is 0 Å². The van der Waals surface area contributed by atoms with Crippen molar-refractivity contribution < 1.29 is 18.0 Å². The molecule has 0 aromatic heterocycles. The first kappa shape index (κ1) is 15.9. The highest BCUT2D eigenvalue weighted by Crippen LogP contribution is 2.44. The quantitative estimate of drug-likeness (QED) is 0.705. The van der Waals surface area contributed by atoms with Crippen molar-refractivity contribution in [1.82, 2.24) is 0 Å². The number of hydrogen-bond donors (Lipinski definition) is 0. The topological polar surface area (TPSA) is 29.4 Å². The van der Waals surface area contributed by atoms with Crippen LogP contribution in [0.4, 0.5) is 13.2 Å². The Kier molecular flexibility index (Phi) is 4.82. The SMILES string of the molecule is CC1(CC(F)(F)F)SC(CC2CCCCCC2)=NC1=O. The number of amides is 1. The smallest absolute Gasteiger partial charge is 0.271 e. The number of alkyl halides is 3. The summed E-state index contributed by atoms with van der Waals surface area (Å²) in [7, 11) is 0. The third-order valence-electron chi connectivity index (χ3n) is 4.00. The van der Waals surface area contributed by atoms with Gasteiger partial charge in [0.15, 0.2) is 0 Å². The van der Waals surface area contributed by atoms with Gasteiger partial charge in [-0.1, -0.05) is 50.3 Å². The molecule has 0 spiro atoms. The molecule has 1 amide bonds. The van der Waals surface area contributed by atoms with E-state index in [-0.39, 0.29) is 0 Å². The lowest BCUT2D eigenvalue weighted by molar-refractivity contribution is -0.147. The molecule has 6 heteroatoms. The molecule has 1 aliphatic heterocycles. The fourth-order valence-corrected chi connectivity index (χ4v) is 4.29. The van der Waals surface area contributed by atoms with Crippen LogP contribution in [-0.4, -0.2) is 21.9 Å². The van der Waals surface area contributed by atoms with Crippen molar-refractivity contribution in [2.24, 2.45) is 10.9 Å². The predicted octanol–water partition coefficient (Wildman–Crippen LogP) is 4.73. The van der Waals surface area contributed by atoms with E-state index in [4.69, 9.17) is 0 Å². The van der Waals surface area contributed by atoms with E-state index in [2.05, 4.69) is 4.99 Å². The van der Waals surface area contributed by atoms with Crippen LogP contribution < -0.4 is 0 Å². The number of nitrogens with zero attached hydrogens (tertiary/aromatic N) is 1. The van der Waals surface area contributed by atoms with Crippen LogP contribution in [0.15, 0.2) is 4.99 Å². The van der Waals surface area contributed by atoms with Gasteiger partial charge < -0.3 is 0 Å². The molecular weight excluding hydrogens is 287 g/mol. The molecule has 1 saturated carbocycles. The minimum Gasteiger partial charge on any atom is -0.271 e. The van der Waals surface area contributed by atoms with Gasteiger partial charge in [-0.05, 0) is 19.3 Å². The normalized spacial score (nSPS) is 29.4. The molecule has 1 heterocycles. The van der Waals surface area contributed by atoms with Gasteiger partial charge in [-0.2, -0.15) is 13.2 Å². The Morgan fingerprint density at radius 1 is 1.25 bits per heavy atom. The van der Waals surface area contributed by atoms with E-state index in [1.54, 1.807) is 0 Å². The third-order valence-corrected chi connectivity index (χ3v) is 5.26. The van der Waals surface area contributed by atoms with Crippen LogP contribution in [0.1, 0.15) is 58.3 Å². The number of halogens is 3. The Hall–Kier alpha value is -0.520. The second-order valence-corrected chi connectivity index (χ2v) is 7.57. The highest BCUT2D eigenvalue weighted by molar-refractivity contribution is 8.16. The molecule has 0 saturated heterocycles. The molecule has 114 valence electrons. The second kappa shape index (κ2) is 6.08. The molecule has 0 aromatic rings. The maximum atomic E-state index is 12.5. The largest absolute Gasteiger partial charge is 0.390 e. The maximum absolute atomic E-state index is 12.5. The van der Waals surface area contributed by atoms with Gasteiger partial charge in [-0.3, -0.25) is 4.79 Å². The van der Waals surface area contributed by atoms with E-state index in [1.165, 1.54) is 32.6 Å². The molecule has 1 aliphatic carbocycles. The third kappa shape index (κ3) is 4.24. The molecule has 2 aliphatic rings. The minimum atomic E-state index is -4.33. The van der Waals surface area contributed by atoms with Crippen molar-refractivity contribution in [3.8, 4) is 0 Å². The Labute approximate surface area is 121 Å². The van der Waals surface area contributed by atoms with Crippen molar-refractivity contribution >= 4 is 22.7 Å². The van der Waals surface area contributed by atoms with Gasteiger partial charge >= 0.3 is 6.18 Å². The van der Waals surface area contributed by atoms with Crippen LogP contribution in [-0.2, 0) is 4.79 Å². The molecule has 0 N–H and O–H groups in total. The summed E-state index contributed by atoms with van der Waals surface area (Å²) in [6.07, 6.45) is 2.28. The molecule has 1 fully saturated rings. The van der Waals surface area contributed by atoms with Crippen LogP contribution in [0.25, 0.3) is 0 Å².